The van der Waals surface area contributed by atoms with Crippen LogP contribution in [0, 0.1) is 0 Å². The predicted octanol–water partition coefficient (Wildman–Crippen LogP) is 1.11. The van der Waals surface area contributed by atoms with Gasteiger partial charge < -0.3 is 14.6 Å². The molecule has 1 saturated heterocycles. The molecule has 0 radical (unpaired) electrons. The van der Waals surface area contributed by atoms with Crippen LogP contribution in [0.3, 0.4) is 0 Å². The number of rotatable bonds is 2. The zero-order valence-corrected chi connectivity index (χ0v) is 10.9. The lowest BCUT2D eigenvalue weighted by molar-refractivity contribution is 0.0301. The number of aromatic amines is 1. The van der Waals surface area contributed by atoms with E-state index in [1.807, 2.05) is 6.07 Å². The van der Waals surface area contributed by atoms with E-state index in [2.05, 4.69) is 4.98 Å². The number of ether oxygens (including phenoxy) is 1. The van der Waals surface area contributed by atoms with Crippen LogP contribution in [-0.4, -0.2) is 42.1 Å². The van der Waals surface area contributed by atoms with Crippen LogP contribution in [0.5, 0.6) is 0 Å². The van der Waals surface area contributed by atoms with Gasteiger partial charge in [-0.05, 0) is 30.9 Å². The molecule has 19 heavy (non-hydrogen) atoms. The van der Waals surface area contributed by atoms with Crippen LogP contribution in [0.15, 0.2) is 16.9 Å². The van der Waals surface area contributed by atoms with E-state index < -0.39 is 0 Å². The average molecular weight is 262 g/mol. The molecule has 5 heteroatoms. The van der Waals surface area contributed by atoms with Crippen LogP contribution in [-0.2, 0) is 4.74 Å². The SMILES string of the molecule is O=C(c1ccc(C2CCC2)[nH]c1=O)N1CCOCC1. The summed E-state index contributed by atoms with van der Waals surface area (Å²) in [5, 5.41) is 0. The molecule has 2 heterocycles. The fourth-order valence-electron chi connectivity index (χ4n) is 2.55. The van der Waals surface area contributed by atoms with Crippen LogP contribution >= 0.6 is 0 Å². The van der Waals surface area contributed by atoms with Crippen molar-refractivity contribution in [1.82, 2.24) is 9.88 Å². The maximum Gasteiger partial charge on any atom is 0.261 e. The summed E-state index contributed by atoms with van der Waals surface area (Å²) in [4.78, 5) is 28.8. The average Bonchev–Trinajstić information content (AvgIpc) is 2.37. The number of carbonyl (C=O) groups excluding carboxylic acids is 1. The van der Waals surface area contributed by atoms with E-state index in [-0.39, 0.29) is 17.0 Å². The van der Waals surface area contributed by atoms with Crippen molar-refractivity contribution in [2.45, 2.75) is 25.2 Å². The number of aromatic nitrogens is 1. The zero-order chi connectivity index (χ0) is 13.2. The molecule has 1 aromatic rings. The molecule has 0 unspecified atom stereocenters. The summed E-state index contributed by atoms with van der Waals surface area (Å²) >= 11 is 0. The number of carbonyl (C=O) groups is 1. The first-order valence-corrected chi connectivity index (χ1v) is 6.86. The number of amides is 1. The lowest BCUT2D eigenvalue weighted by Gasteiger charge is -2.27. The van der Waals surface area contributed by atoms with Crippen LogP contribution in [0.25, 0.3) is 0 Å². The summed E-state index contributed by atoms with van der Waals surface area (Å²) in [6, 6.07) is 3.56. The molecule has 0 atom stereocenters. The second-order valence-corrected chi connectivity index (χ2v) is 5.19. The molecule has 1 saturated carbocycles. The van der Waals surface area contributed by atoms with Gasteiger partial charge in [0.05, 0.1) is 13.2 Å². The normalized spacial score (nSPS) is 20.1. The number of morpholine rings is 1. The molecule has 1 aromatic heterocycles. The first kappa shape index (κ1) is 12.4. The summed E-state index contributed by atoms with van der Waals surface area (Å²) in [7, 11) is 0. The largest absolute Gasteiger partial charge is 0.378 e. The Labute approximate surface area is 111 Å². The molecule has 2 fully saturated rings. The Balaban J connectivity index is 1.80. The quantitative estimate of drug-likeness (QED) is 0.868. The minimum atomic E-state index is -0.263. The van der Waals surface area contributed by atoms with E-state index in [1.165, 1.54) is 6.42 Å². The van der Waals surface area contributed by atoms with Crippen molar-refractivity contribution in [3.63, 3.8) is 0 Å². The highest BCUT2D eigenvalue weighted by Gasteiger charge is 2.24. The van der Waals surface area contributed by atoms with Crippen molar-refractivity contribution in [3.8, 4) is 0 Å². The molecule has 102 valence electrons. The van der Waals surface area contributed by atoms with Crippen LogP contribution in [0.4, 0.5) is 0 Å². The fourth-order valence-corrected chi connectivity index (χ4v) is 2.55. The number of nitrogens with one attached hydrogen (secondary N) is 1. The Kier molecular flexibility index (Phi) is 3.38. The van der Waals surface area contributed by atoms with Gasteiger partial charge in [-0.15, -0.1) is 0 Å². The number of hydrogen-bond acceptors (Lipinski definition) is 3. The monoisotopic (exact) mass is 262 g/mol. The van der Waals surface area contributed by atoms with E-state index in [9.17, 15) is 9.59 Å². The van der Waals surface area contributed by atoms with Gasteiger partial charge in [-0.3, -0.25) is 9.59 Å². The van der Waals surface area contributed by atoms with Gasteiger partial charge >= 0.3 is 0 Å². The van der Waals surface area contributed by atoms with E-state index >= 15 is 0 Å². The summed E-state index contributed by atoms with van der Waals surface area (Å²) in [6.07, 6.45) is 3.49. The second kappa shape index (κ2) is 5.17. The molecule has 5 nitrogen and oxygen atoms in total. The fraction of sp³-hybridized carbons (Fsp3) is 0.571. The molecular weight excluding hydrogens is 244 g/mol. The van der Waals surface area contributed by atoms with E-state index in [4.69, 9.17) is 4.74 Å². The van der Waals surface area contributed by atoms with Crippen LogP contribution in [0.1, 0.15) is 41.2 Å². The van der Waals surface area contributed by atoms with Crippen molar-refractivity contribution in [3.05, 3.63) is 33.7 Å². The first-order chi connectivity index (χ1) is 9.25. The third-order valence-electron chi connectivity index (χ3n) is 4.01. The Morgan fingerprint density at radius 1 is 1.26 bits per heavy atom. The van der Waals surface area contributed by atoms with Gasteiger partial charge in [0.25, 0.3) is 11.5 Å². The Hall–Kier alpha value is -1.62. The van der Waals surface area contributed by atoms with E-state index in [1.54, 1.807) is 11.0 Å². The molecule has 1 N–H and O–H groups in total. The molecule has 0 spiro atoms. The standard InChI is InChI=1S/C14H18N2O3/c17-13-11(14(18)16-6-8-19-9-7-16)4-5-12(15-13)10-2-1-3-10/h4-5,10H,1-3,6-9H2,(H,15,17). The van der Waals surface area contributed by atoms with Crippen molar-refractivity contribution in [2.75, 3.05) is 26.3 Å². The molecule has 0 aromatic carbocycles. The number of hydrogen-bond donors (Lipinski definition) is 1. The topological polar surface area (TPSA) is 62.4 Å². The van der Waals surface area contributed by atoms with Gasteiger partial charge in [0.1, 0.15) is 5.56 Å². The Bertz CT molecular complexity index is 528. The molecule has 3 rings (SSSR count). The molecule has 1 aliphatic carbocycles. The van der Waals surface area contributed by atoms with Crippen LogP contribution in [0.2, 0.25) is 0 Å². The highest BCUT2D eigenvalue weighted by atomic mass is 16.5. The third kappa shape index (κ3) is 2.42. The first-order valence-electron chi connectivity index (χ1n) is 6.86. The highest BCUT2D eigenvalue weighted by Crippen LogP contribution is 2.34. The van der Waals surface area contributed by atoms with Gasteiger partial charge in [-0.1, -0.05) is 6.42 Å². The Morgan fingerprint density at radius 2 is 2.00 bits per heavy atom. The molecule has 2 aliphatic rings. The minimum absolute atomic E-state index is 0.190. The van der Waals surface area contributed by atoms with E-state index in [0.717, 1.165) is 18.5 Å². The smallest absolute Gasteiger partial charge is 0.261 e. The maximum atomic E-state index is 12.2. The van der Waals surface area contributed by atoms with Gasteiger partial charge in [-0.2, -0.15) is 0 Å². The van der Waals surface area contributed by atoms with Crippen molar-refractivity contribution in [2.24, 2.45) is 0 Å². The van der Waals surface area contributed by atoms with Gasteiger partial charge in [0.2, 0.25) is 0 Å². The molecule has 1 aliphatic heterocycles. The second-order valence-electron chi connectivity index (χ2n) is 5.19. The summed E-state index contributed by atoms with van der Waals surface area (Å²) < 4.78 is 5.21. The summed E-state index contributed by atoms with van der Waals surface area (Å²) in [5.74, 6) is 0.282. The number of pyridine rings is 1. The van der Waals surface area contributed by atoms with Crippen molar-refractivity contribution >= 4 is 5.91 Å². The Morgan fingerprint density at radius 3 is 2.58 bits per heavy atom. The van der Waals surface area contributed by atoms with E-state index in [0.29, 0.717) is 32.2 Å². The molecular formula is C14H18N2O3. The third-order valence-corrected chi connectivity index (χ3v) is 4.01. The van der Waals surface area contributed by atoms with Crippen LogP contribution < -0.4 is 5.56 Å². The summed E-state index contributed by atoms with van der Waals surface area (Å²) in [5.41, 5.74) is 0.945. The number of H-pyrrole nitrogens is 1. The van der Waals surface area contributed by atoms with Gasteiger partial charge in [0, 0.05) is 18.8 Å². The highest BCUT2D eigenvalue weighted by molar-refractivity contribution is 5.93. The maximum absolute atomic E-state index is 12.2. The predicted molar refractivity (Wildman–Crippen MR) is 70.4 cm³/mol. The lowest BCUT2D eigenvalue weighted by atomic mass is 9.82. The van der Waals surface area contributed by atoms with Crippen molar-refractivity contribution in [1.29, 1.82) is 0 Å². The van der Waals surface area contributed by atoms with Gasteiger partial charge in [-0.25, -0.2) is 0 Å². The van der Waals surface area contributed by atoms with Crippen molar-refractivity contribution < 1.29 is 9.53 Å². The zero-order valence-electron chi connectivity index (χ0n) is 10.9. The lowest BCUT2D eigenvalue weighted by Crippen LogP contribution is -2.42. The minimum Gasteiger partial charge on any atom is -0.378 e. The number of nitrogens with zero attached hydrogens (tertiary/aromatic N) is 1. The summed E-state index contributed by atoms with van der Waals surface area (Å²) in [6.45, 7) is 2.21. The van der Waals surface area contributed by atoms with Gasteiger partial charge in [0.15, 0.2) is 0 Å². The molecule has 0 bridgehead atoms. The molecule has 1 amide bonds.